The monoisotopic (exact) mass is 353 g/mol. The first-order valence-corrected chi connectivity index (χ1v) is 8.89. The Balaban J connectivity index is 1.38. The second kappa shape index (κ2) is 6.07. The molecule has 134 valence electrons. The van der Waals surface area contributed by atoms with Crippen molar-refractivity contribution in [3.63, 3.8) is 0 Å². The zero-order valence-corrected chi connectivity index (χ0v) is 14.4. The molecule has 4 heterocycles. The topological polar surface area (TPSA) is 43.4 Å². The summed E-state index contributed by atoms with van der Waals surface area (Å²) in [5.74, 6) is 0.709. The molecule has 5 rings (SSSR count). The summed E-state index contributed by atoms with van der Waals surface area (Å²) in [6.45, 7) is 4.06. The van der Waals surface area contributed by atoms with Crippen LogP contribution in [0.15, 0.2) is 53.5 Å². The fourth-order valence-corrected chi connectivity index (χ4v) is 4.06. The van der Waals surface area contributed by atoms with Crippen molar-refractivity contribution in [3.05, 3.63) is 66.3 Å². The lowest BCUT2D eigenvalue weighted by molar-refractivity contribution is -0.0821. The van der Waals surface area contributed by atoms with E-state index in [9.17, 15) is 4.39 Å². The molecule has 0 bridgehead atoms. The van der Waals surface area contributed by atoms with Crippen LogP contribution in [-0.4, -0.2) is 33.1 Å². The highest BCUT2D eigenvalue weighted by molar-refractivity contribution is 5.59. The Morgan fingerprint density at radius 3 is 2.85 bits per heavy atom. The number of furan rings is 1. The third kappa shape index (κ3) is 2.75. The summed E-state index contributed by atoms with van der Waals surface area (Å²) in [5, 5.41) is 0. The standard InChI is InChI=1S/C20H20FN3O2/c21-17-3-1-16(2-4-17)18-9-22-19-12-26-20(14-24(18)19)6-7-23(13-20)10-15-5-8-25-11-15/h1-5,8-9,11H,6-7,10,12-14H2/t20-/m1/s1. The molecule has 0 saturated carbocycles. The maximum atomic E-state index is 13.3. The van der Waals surface area contributed by atoms with Crippen LogP contribution in [0.1, 0.15) is 17.8 Å². The SMILES string of the molecule is Fc1ccc(-c2cnc3n2C[C@]2(CCN(Cc4ccoc4)C2)OC3)cc1. The van der Waals surface area contributed by atoms with E-state index in [1.807, 2.05) is 24.4 Å². The highest BCUT2D eigenvalue weighted by Gasteiger charge is 2.43. The molecule has 0 amide bonds. The van der Waals surface area contributed by atoms with E-state index in [1.54, 1.807) is 12.5 Å². The fraction of sp³-hybridized carbons (Fsp3) is 0.350. The van der Waals surface area contributed by atoms with Gasteiger partial charge in [-0.3, -0.25) is 4.90 Å². The van der Waals surface area contributed by atoms with Crippen LogP contribution in [0, 0.1) is 5.82 Å². The first-order chi connectivity index (χ1) is 12.7. The summed E-state index contributed by atoms with van der Waals surface area (Å²) in [6.07, 6.45) is 6.37. The smallest absolute Gasteiger partial charge is 0.135 e. The van der Waals surface area contributed by atoms with Crippen LogP contribution in [0.4, 0.5) is 4.39 Å². The molecule has 1 spiro atoms. The molecule has 3 aromatic rings. The Kier molecular flexibility index (Phi) is 3.69. The maximum absolute atomic E-state index is 13.3. The minimum atomic E-state index is -0.224. The number of rotatable bonds is 3. The molecule has 6 heteroatoms. The molecule has 2 aliphatic rings. The molecule has 26 heavy (non-hydrogen) atoms. The van der Waals surface area contributed by atoms with Crippen molar-refractivity contribution in [1.82, 2.24) is 14.5 Å². The van der Waals surface area contributed by atoms with Gasteiger partial charge in [0.25, 0.3) is 0 Å². The van der Waals surface area contributed by atoms with Crippen LogP contribution in [0.2, 0.25) is 0 Å². The number of imidazole rings is 1. The summed E-state index contributed by atoms with van der Waals surface area (Å²) in [5.41, 5.74) is 3.01. The Bertz CT molecular complexity index is 904. The molecule has 1 atom stereocenters. The molecular weight excluding hydrogens is 333 g/mol. The predicted molar refractivity (Wildman–Crippen MR) is 93.7 cm³/mol. The van der Waals surface area contributed by atoms with Gasteiger partial charge >= 0.3 is 0 Å². The predicted octanol–water partition coefficient (Wildman–Crippen LogP) is 3.46. The first kappa shape index (κ1) is 15.8. The van der Waals surface area contributed by atoms with Gasteiger partial charge in [0.1, 0.15) is 23.8 Å². The van der Waals surface area contributed by atoms with Crippen LogP contribution in [0.3, 0.4) is 0 Å². The largest absolute Gasteiger partial charge is 0.472 e. The van der Waals surface area contributed by atoms with Gasteiger partial charge in [-0.15, -0.1) is 0 Å². The normalized spacial score (nSPS) is 22.8. The fourth-order valence-electron chi connectivity index (χ4n) is 4.06. The third-order valence-electron chi connectivity index (χ3n) is 5.41. The van der Waals surface area contributed by atoms with Crippen molar-refractivity contribution >= 4 is 0 Å². The summed E-state index contributed by atoms with van der Waals surface area (Å²) in [6, 6.07) is 8.61. The van der Waals surface area contributed by atoms with Gasteiger partial charge in [-0.1, -0.05) is 0 Å². The first-order valence-electron chi connectivity index (χ1n) is 8.89. The zero-order chi connectivity index (χ0) is 17.6. The molecule has 1 fully saturated rings. The third-order valence-corrected chi connectivity index (χ3v) is 5.41. The zero-order valence-electron chi connectivity index (χ0n) is 14.4. The maximum Gasteiger partial charge on any atom is 0.135 e. The van der Waals surface area contributed by atoms with E-state index in [2.05, 4.69) is 14.5 Å². The van der Waals surface area contributed by atoms with Crippen molar-refractivity contribution in [3.8, 4) is 11.3 Å². The van der Waals surface area contributed by atoms with Crippen molar-refractivity contribution < 1.29 is 13.5 Å². The van der Waals surface area contributed by atoms with Crippen LogP contribution >= 0.6 is 0 Å². The molecule has 0 aliphatic carbocycles. The number of aromatic nitrogens is 2. The molecule has 2 aliphatic heterocycles. The van der Waals surface area contributed by atoms with Gasteiger partial charge in [-0.05, 0) is 42.3 Å². The van der Waals surface area contributed by atoms with E-state index in [4.69, 9.17) is 9.15 Å². The van der Waals surface area contributed by atoms with Crippen LogP contribution in [-0.2, 0) is 24.4 Å². The summed E-state index contributed by atoms with van der Waals surface area (Å²) >= 11 is 0. The number of fused-ring (bicyclic) bond motifs is 1. The minimum absolute atomic E-state index is 0.188. The number of nitrogens with zero attached hydrogens (tertiary/aromatic N) is 3. The van der Waals surface area contributed by atoms with Crippen molar-refractivity contribution in [1.29, 1.82) is 0 Å². The summed E-state index contributed by atoms with van der Waals surface area (Å²) < 4.78 is 26.9. The lowest BCUT2D eigenvalue weighted by Crippen LogP contribution is -2.44. The van der Waals surface area contributed by atoms with Crippen LogP contribution in [0.25, 0.3) is 11.3 Å². The molecule has 0 N–H and O–H groups in total. The van der Waals surface area contributed by atoms with Crippen LogP contribution < -0.4 is 0 Å². The molecule has 0 unspecified atom stereocenters. The highest BCUT2D eigenvalue weighted by Crippen LogP contribution is 2.35. The van der Waals surface area contributed by atoms with E-state index in [0.717, 1.165) is 49.7 Å². The van der Waals surface area contributed by atoms with Crippen LogP contribution in [0.5, 0.6) is 0 Å². The lowest BCUT2D eigenvalue weighted by atomic mass is 10.0. The van der Waals surface area contributed by atoms with Gasteiger partial charge in [0, 0.05) is 25.2 Å². The van der Waals surface area contributed by atoms with Gasteiger partial charge in [-0.2, -0.15) is 0 Å². The van der Waals surface area contributed by atoms with Gasteiger partial charge in [0.05, 0.1) is 31.0 Å². The van der Waals surface area contributed by atoms with Gasteiger partial charge in [-0.25, -0.2) is 9.37 Å². The van der Waals surface area contributed by atoms with Crippen molar-refractivity contribution in [2.45, 2.75) is 31.7 Å². The molecule has 0 radical (unpaired) electrons. The van der Waals surface area contributed by atoms with E-state index in [1.165, 1.54) is 17.7 Å². The molecule has 2 aromatic heterocycles. The van der Waals surface area contributed by atoms with E-state index in [-0.39, 0.29) is 11.4 Å². The van der Waals surface area contributed by atoms with E-state index >= 15 is 0 Å². The Morgan fingerprint density at radius 1 is 1.15 bits per heavy atom. The van der Waals surface area contributed by atoms with E-state index in [0.29, 0.717) is 6.61 Å². The number of benzene rings is 1. The number of ether oxygens (including phenoxy) is 1. The van der Waals surface area contributed by atoms with Crippen molar-refractivity contribution in [2.75, 3.05) is 13.1 Å². The molecule has 1 aromatic carbocycles. The molecule has 5 nitrogen and oxygen atoms in total. The second-order valence-electron chi connectivity index (χ2n) is 7.22. The quantitative estimate of drug-likeness (QED) is 0.723. The number of hydrogen-bond donors (Lipinski definition) is 0. The summed E-state index contributed by atoms with van der Waals surface area (Å²) in [4.78, 5) is 6.92. The average molecular weight is 353 g/mol. The average Bonchev–Trinajstić information content (AvgIpc) is 3.37. The van der Waals surface area contributed by atoms with Crippen molar-refractivity contribution in [2.24, 2.45) is 0 Å². The van der Waals surface area contributed by atoms with Gasteiger partial charge in [0.2, 0.25) is 0 Å². The Morgan fingerprint density at radius 2 is 2.04 bits per heavy atom. The Hall–Kier alpha value is -2.44. The summed E-state index contributed by atoms with van der Waals surface area (Å²) in [7, 11) is 0. The lowest BCUT2D eigenvalue weighted by Gasteiger charge is -2.35. The highest BCUT2D eigenvalue weighted by atomic mass is 19.1. The number of halogens is 1. The minimum Gasteiger partial charge on any atom is -0.472 e. The van der Waals surface area contributed by atoms with E-state index < -0.39 is 0 Å². The molecular formula is C20H20FN3O2. The van der Waals surface area contributed by atoms with Gasteiger partial charge < -0.3 is 13.7 Å². The molecule has 1 saturated heterocycles. The second-order valence-corrected chi connectivity index (χ2v) is 7.22. The number of likely N-dealkylation sites (tertiary alicyclic amines) is 1. The Labute approximate surface area is 151 Å². The van der Waals surface area contributed by atoms with Gasteiger partial charge in [0.15, 0.2) is 0 Å². The number of hydrogen-bond acceptors (Lipinski definition) is 4.